The van der Waals surface area contributed by atoms with Crippen LogP contribution in [0.2, 0.25) is 0 Å². The monoisotopic (exact) mass is 1460 g/mol. The lowest BCUT2D eigenvalue weighted by atomic mass is 9.70. The molecule has 0 amide bonds. The molecule has 0 bridgehead atoms. The van der Waals surface area contributed by atoms with E-state index in [4.69, 9.17) is 8.75 Å². The van der Waals surface area contributed by atoms with E-state index in [1.165, 1.54) is 125 Å². The number of aromatic nitrogens is 3. The molecule has 0 unspecified atom stereocenters. The molecule has 4 nitrogen and oxygen atoms in total. The summed E-state index contributed by atoms with van der Waals surface area (Å²) in [5, 5.41) is 1.63. The van der Waals surface area contributed by atoms with Crippen molar-refractivity contribution < 1.29 is 26.3 Å². The van der Waals surface area contributed by atoms with Crippen molar-refractivity contribution in [1.82, 2.24) is 13.3 Å². The summed E-state index contributed by atoms with van der Waals surface area (Å²) in [5.41, 5.74) is 33.4. The molecule has 0 N–H and O–H groups in total. The Hall–Kier alpha value is -13.5. The molecular formula is C100H58F6N4S. The van der Waals surface area contributed by atoms with Gasteiger partial charge in [-0.15, -0.1) is 0 Å². The summed E-state index contributed by atoms with van der Waals surface area (Å²) < 4.78 is 94.9. The highest BCUT2D eigenvalue weighted by atomic mass is 32.1. The molecule has 18 aromatic rings. The van der Waals surface area contributed by atoms with Crippen LogP contribution >= 0.6 is 11.7 Å². The van der Waals surface area contributed by atoms with Crippen LogP contribution in [0.25, 0.3) is 139 Å². The molecule has 0 atom stereocenters. The molecule has 2 heterocycles. The van der Waals surface area contributed by atoms with Gasteiger partial charge in [0.2, 0.25) is 0 Å². The van der Waals surface area contributed by atoms with Crippen molar-refractivity contribution in [3.8, 4) is 106 Å². The number of halogens is 6. The Labute approximate surface area is 638 Å². The predicted molar refractivity (Wildman–Crippen MR) is 436 cm³/mol. The Morgan fingerprint density at radius 2 is 0.559 bits per heavy atom. The fourth-order valence-corrected chi connectivity index (χ4v) is 19.6. The minimum absolute atomic E-state index is 0.489. The number of benzene rings is 16. The molecule has 4 aliphatic rings. The second kappa shape index (κ2) is 24.0. The summed E-state index contributed by atoms with van der Waals surface area (Å²) >= 11 is 1.17. The Morgan fingerprint density at radius 1 is 0.261 bits per heavy atom. The first-order chi connectivity index (χ1) is 54.3. The molecule has 4 aliphatic carbocycles. The molecule has 11 heteroatoms. The number of rotatable bonds is 9. The molecule has 2 spiro atoms. The molecule has 0 fully saturated rings. The van der Waals surface area contributed by atoms with E-state index in [9.17, 15) is 26.3 Å². The minimum atomic E-state index is -4.50. The highest BCUT2D eigenvalue weighted by Crippen LogP contribution is 2.65. The van der Waals surface area contributed by atoms with Crippen LogP contribution in [-0.2, 0) is 23.2 Å². The molecule has 0 saturated heterocycles. The van der Waals surface area contributed by atoms with E-state index in [-0.39, 0.29) is 0 Å². The van der Waals surface area contributed by atoms with Crippen LogP contribution in [0.1, 0.15) is 55.6 Å². The van der Waals surface area contributed by atoms with E-state index in [1.54, 1.807) is 0 Å². The summed E-state index contributed by atoms with van der Waals surface area (Å²) in [6, 6.07) is 120. The Bertz CT molecular complexity index is 6430. The largest absolute Gasteiger partial charge is 0.416 e. The topological polar surface area (TPSA) is 34.0 Å². The van der Waals surface area contributed by atoms with Gasteiger partial charge in [-0.25, -0.2) is 0 Å². The average molecular weight is 1460 g/mol. The van der Waals surface area contributed by atoms with Gasteiger partial charge in [-0.3, -0.25) is 0 Å². The SMILES string of the molecule is FC(F)(F)c1ccc(-c2ccc3c(c2)c2cc(-c4ccc(C(F)(F)F)cc4)ccc2n3-c2ccc(-c3ccc(N(c4ccc(-c5ccc6c(c5)C5(c7ccccc7-c7ccccc75)c5ccccc5-6)cc4)c4ccc(-c5ccc6c(c5)C5(c7ccccc7-c7ccccc75)c5ccccc5-6)cc4)c4nsnc34)cc2)cc1. The van der Waals surface area contributed by atoms with Gasteiger partial charge in [-0.2, -0.15) is 35.1 Å². The summed E-state index contributed by atoms with van der Waals surface area (Å²) in [6.07, 6.45) is -8.99. The van der Waals surface area contributed by atoms with Crippen molar-refractivity contribution in [2.75, 3.05) is 4.90 Å². The summed E-state index contributed by atoms with van der Waals surface area (Å²) in [4.78, 5) is 2.29. The third-order valence-electron chi connectivity index (χ3n) is 23.8. The van der Waals surface area contributed by atoms with Crippen LogP contribution in [0, 0.1) is 0 Å². The number of nitrogens with zero attached hydrogens (tertiary/aromatic N) is 4. The zero-order chi connectivity index (χ0) is 74.2. The van der Waals surface area contributed by atoms with Crippen LogP contribution in [0.15, 0.2) is 352 Å². The highest BCUT2D eigenvalue weighted by molar-refractivity contribution is 7.00. The maximum Gasteiger partial charge on any atom is 0.416 e. The molecular weight excluding hydrogens is 1400 g/mol. The standard InChI is InChI=1S/C100H58F6N4S/c101-99(102,103)68-39-25-59(26-40-68)64-37-52-92-82(55-64)83-56-65(60-27-41-69(42-28-60)100(104,105)106)38-53-93(83)110(92)72-47-33-63(34-48-72)73-51-54-94(96-95(73)107-111-108-96)109(70-43-29-61(30-44-70)66-35-49-80-78-17-5-11-23-88(78)97(90(80)57-66)84-19-7-1-13-74(84)75-14-2-8-20-85(75)97)71-45-31-62(32-46-71)67-36-50-81-79-18-6-12-24-89(79)98(91(81)58-67)86-21-9-3-15-76(86)77-16-4-10-22-87(77)98/h1-58H. The van der Waals surface area contributed by atoms with E-state index >= 15 is 0 Å². The van der Waals surface area contributed by atoms with Gasteiger partial charge < -0.3 is 9.47 Å². The van der Waals surface area contributed by atoms with Crippen LogP contribution in [-0.4, -0.2) is 13.3 Å². The molecule has 0 aliphatic heterocycles. The lowest BCUT2D eigenvalue weighted by molar-refractivity contribution is -0.138. The fourth-order valence-electron chi connectivity index (χ4n) is 19.0. The van der Waals surface area contributed by atoms with Crippen molar-refractivity contribution >= 4 is 61.6 Å². The second-order valence-electron chi connectivity index (χ2n) is 29.3. The third kappa shape index (κ3) is 9.48. The van der Waals surface area contributed by atoms with E-state index in [1.807, 2.05) is 36.4 Å². The highest BCUT2D eigenvalue weighted by Gasteiger charge is 2.53. The van der Waals surface area contributed by atoms with E-state index in [0.29, 0.717) is 22.3 Å². The molecule has 0 saturated carbocycles. The van der Waals surface area contributed by atoms with Crippen LogP contribution in [0.4, 0.5) is 43.4 Å². The molecule has 2 aromatic heterocycles. The van der Waals surface area contributed by atoms with E-state index in [0.717, 1.165) is 113 Å². The minimum Gasteiger partial charge on any atom is -0.309 e. The van der Waals surface area contributed by atoms with Gasteiger partial charge in [-0.1, -0.05) is 243 Å². The van der Waals surface area contributed by atoms with Crippen molar-refractivity contribution in [1.29, 1.82) is 0 Å². The zero-order valence-corrected chi connectivity index (χ0v) is 59.8. The average Bonchev–Trinajstić information content (AvgIpc) is 1.51. The molecule has 526 valence electrons. The number of anilines is 3. The fraction of sp³-hybridized carbons (Fsp3) is 0.0400. The number of hydrogen-bond acceptors (Lipinski definition) is 4. The first-order valence-corrected chi connectivity index (χ1v) is 37.7. The van der Waals surface area contributed by atoms with Crippen LogP contribution in [0.5, 0.6) is 0 Å². The third-order valence-corrected chi connectivity index (χ3v) is 24.4. The van der Waals surface area contributed by atoms with Crippen LogP contribution in [0.3, 0.4) is 0 Å². The molecule has 111 heavy (non-hydrogen) atoms. The normalized spacial score (nSPS) is 13.6. The maximum absolute atomic E-state index is 13.8. The van der Waals surface area contributed by atoms with Gasteiger partial charge in [0.25, 0.3) is 0 Å². The number of hydrogen-bond donors (Lipinski definition) is 0. The van der Waals surface area contributed by atoms with Crippen molar-refractivity contribution in [3.63, 3.8) is 0 Å². The first kappa shape index (κ1) is 64.7. The van der Waals surface area contributed by atoms with Crippen LogP contribution < -0.4 is 4.90 Å². The summed E-state index contributed by atoms with van der Waals surface area (Å²) in [7, 11) is 0. The second-order valence-corrected chi connectivity index (χ2v) is 29.8. The lowest BCUT2D eigenvalue weighted by Crippen LogP contribution is -2.25. The van der Waals surface area contributed by atoms with E-state index < -0.39 is 34.3 Å². The maximum atomic E-state index is 13.8. The first-order valence-electron chi connectivity index (χ1n) is 37.0. The molecule has 16 aromatic carbocycles. The van der Waals surface area contributed by atoms with Gasteiger partial charge in [-0.05, 0) is 248 Å². The smallest absolute Gasteiger partial charge is 0.309 e. The number of alkyl halides is 6. The Balaban J connectivity index is 0.654. The van der Waals surface area contributed by atoms with Crippen molar-refractivity contribution in [3.05, 3.63) is 407 Å². The molecule has 22 rings (SSSR count). The summed E-state index contributed by atoms with van der Waals surface area (Å²) in [6.45, 7) is 0. The van der Waals surface area contributed by atoms with Gasteiger partial charge in [0.1, 0.15) is 11.0 Å². The van der Waals surface area contributed by atoms with Gasteiger partial charge in [0.05, 0.1) is 50.4 Å². The molecule has 0 radical (unpaired) electrons. The predicted octanol–water partition coefficient (Wildman–Crippen LogP) is 27.3. The van der Waals surface area contributed by atoms with E-state index in [2.05, 4.69) is 276 Å². The van der Waals surface area contributed by atoms with Crippen molar-refractivity contribution in [2.45, 2.75) is 23.2 Å². The Kier molecular flexibility index (Phi) is 14.0. The Morgan fingerprint density at radius 3 is 0.928 bits per heavy atom. The number of fused-ring (bicyclic) bond motifs is 24. The lowest BCUT2D eigenvalue weighted by Gasteiger charge is -2.30. The van der Waals surface area contributed by atoms with Crippen molar-refractivity contribution in [2.24, 2.45) is 0 Å². The van der Waals surface area contributed by atoms with Gasteiger partial charge in [0, 0.05) is 33.4 Å². The van der Waals surface area contributed by atoms with Gasteiger partial charge in [0.15, 0.2) is 0 Å². The van der Waals surface area contributed by atoms with Gasteiger partial charge >= 0.3 is 12.4 Å². The zero-order valence-electron chi connectivity index (χ0n) is 59.0. The quantitative estimate of drug-likeness (QED) is 0.135. The summed E-state index contributed by atoms with van der Waals surface area (Å²) in [5.74, 6) is 0.